The third-order valence-electron chi connectivity index (χ3n) is 4.02. The number of aliphatic imine (C=N–C) groups is 1. The summed E-state index contributed by atoms with van der Waals surface area (Å²) < 4.78 is 10.9. The number of methoxy groups -OCH3 is 1. The Morgan fingerprint density at radius 1 is 1.54 bits per heavy atom. The molecule has 0 spiro atoms. The van der Waals surface area contributed by atoms with Gasteiger partial charge in [-0.25, -0.2) is 9.98 Å². The van der Waals surface area contributed by atoms with Crippen LogP contribution in [0.1, 0.15) is 12.0 Å². The van der Waals surface area contributed by atoms with Gasteiger partial charge in [0, 0.05) is 31.5 Å². The average molecular weight is 379 g/mol. The van der Waals surface area contributed by atoms with E-state index in [-0.39, 0.29) is 29.3 Å². The summed E-state index contributed by atoms with van der Waals surface area (Å²) in [4.78, 5) is 9.09. The Morgan fingerprint density at radius 3 is 3.00 bits per heavy atom. The highest BCUT2D eigenvalue weighted by atomic mass is 16.6. The number of nitriles is 1. The number of ether oxygens (including phenoxy) is 2. The molecule has 0 saturated heterocycles. The highest BCUT2D eigenvalue weighted by Gasteiger charge is 2.40. The van der Waals surface area contributed by atoms with Crippen LogP contribution in [0.3, 0.4) is 0 Å². The summed E-state index contributed by atoms with van der Waals surface area (Å²) in [5, 5.41) is 35.5. The Labute approximate surface area is 161 Å². The van der Waals surface area contributed by atoms with Crippen molar-refractivity contribution in [2.75, 3.05) is 7.11 Å². The summed E-state index contributed by atoms with van der Waals surface area (Å²) >= 11 is 0. The van der Waals surface area contributed by atoms with Gasteiger partial charge in [0.2, 0.25) is 0 Å². The second-order valence-corrected chi connectivity index (χ2v) is 5.87. The lowest BCUT2D eigenvalue weighted by Gasteiger charge is -2.30. The number of hydrogen-bond donors (Lipinski definition) is 1. The Bertz CT molecular complexity index is 929. The summed E-state index contributed by atoms with van der Waals surface area (Å²) in [6.07, 6.45) is 8.53. The molecule has 9 heteroatoms. The van der Waals surface area contributed by atoms with Crippen molar-refractivity contribution in [2.24, 2.45) is 4.99 Å². The number of hydrogen-bond acceptors (Lipinski definition) is 8. The fourth-order valence-electron chi connectivity index (χ4n) is 2.47. The molecule has 1 aliphatic heterocycles. The van der Waals surface area contributed by atoms with Crippen molar-refractivity contribution < 1.29 is 19.7 Å². The van der Waals surface area contributed by atoms with Gasteiger partial charge in [-0.2, -0.15) is 5.26 Å². The molecule has 1 aliphatic carbocycles. The van der Waals surface area contributed by atoms with Crippen molar-refractivity contribution in [1.29, 1.82) is 5.26 Å². The smallest absolute Gasteiger partial charge is 0.156 e. The lowest BCUT2D eigenvalue weighted by atomic mass is 10.3. The molecule has 1 N–H and O–H groups in total. The van der Waals surface area contributed by atoms with Crippen LogP contribution in [0.5, 0.6) is 5.75 Å². The van der Waals surface area contributed by atoms with Crippen LogP contribution in [0.15, 0.2) is 66.0 Å². The van der Waals surface area contributed by atoms with Gasteiger partial charge in [0.25, 0.3) is 0 Å². The molecule has 28 heavy (non-hydrogen) atoms. The van der Waals surface area contributed by atoms with Crippen LogP contribution in [0, 0.1) is 11.3 Å². The minimum absolute atomic E-state index is 0.0152. The predicted molar refractivity (Wildman–Crippen MR) is 96.4 cm³/mol. The Kier molecular flexibility index (Phi) is 5.62. The molecule has 0 radical (unpaired) electrons. The van der Waals surface area contributed by atoms with E-state index >= 15 is 0 Å². The van der Waals surface area contributed by atoms with Gasteiger partial charge in [0.1, 0.15) is 29.3 Å². The number of dihydropyridines is 1. The van der Waals surface area contributed by atoms with Gasteiger partial charge in [0.05, 0.1) is 18.3 Å². The molecule has 3 rings (SSSR count). The first-order valence-electron chi connectivity index (χ1n) is 8.34. The van der Waals surface area contributed by atoms with E-state index in [1.165, 1.54) is 18.5 Å². The fraction of sp³-hybridized carbons (Fsp3) is 0.211. The molecule has 0 aromatic carbocycles. The number of allylic oxidation sites excluding steroid dienone is 3. The van der Waals surface area contributed by atoms with Gasteiger partial charge in [-0.3, -0.25) is 0 Å². The summed E-state index contributed by atoms with van der Waals surface area (Å²) in [7, 11) is 1.59. The number of aromatic nitrogens is 1. The third-order valence-corrected chi connectivity index (χ3v) is 4.02. The van der Waals surface area contributed by atoms with E-state index in [0.29, 0.717) is 17.8 Å². The van der Waals surface area contributed by atoms with Gasteiger partial charge >= 0.3 is 0 Å². The first kappa shape index (κ1) is 19.0. The van der Waals surface area contributed by atoms with Crippen molar-refractivity contribution in [3.05, 3.63) is 66.6 Å². The zero-order valence-corrected chi connectivity index (χ0v) is 15.0. The molecule has 2 heterocycles. The van der Waals surface area contributed by atoms with Crippen molar-refractivity contribution in [2.45, 2.75) is 18.6 Å². The number of rotatable bonds is 6. The largest absolute Gasteiger partial charge is 0.876 e. The van der Waals surface area contributed by atoms with Gasteiger partial charge in [0.15, 0.2) is 5.82 Å². The summed E-state index contributed by atoms with van der Waals surface area (Å²) in [5.74, 6) is 0.680. The first-order valence-corrected chi connectivity index (χ1v) is 8.34. The zero-order chi connectivity index (χ0) is 20.1. The van der Waals surface area contributed by atoms with E-state index < -0.39 is 6.02 Å². The van der Waals surface area contributed by atoms with Gasteiger partial charge < -0.3 is 29.9 Å². The van der Waals surface area contributed by atoms with Gasteiger partial charge in [-0.1, -0.05) is 12.7 Å². The second kappa shape index (κ2) is 8.28. The second-order valence-electron chi connectivity index (χ2n) is 5.87. The molecule has 144 valence electrons. The van der Waals surface area contributed by atoms with E-state index in [2.05, 4.69) is 21.9 Å². The molecule has 1 saturated carbocycles. The molecule has 2 aliphatic rings. The monoisotopic (exact) mass is 379 g/mol. The van der Waals surface area contributed by atoms with Crippen LogP contribution in [-0.2, 0) is 4.74 Å². The number of nitrogens with one attached hydrogen (secondary N) is 1. The molecule has 0 amide bonds. The zero-order valence-electron chi connectivity index (χ0n) is 15.0. The predicted octanol–water partition coefficient (Wildman–Crippen LogP) is 0.115. The third kappa shape index (κ3) is 4.13. The SMILES string of the molecule is C=CN(C1=CC=CC(=C[O-])N1)C([O-])=Nc1cc(OC2CC2OC)c(C#N)cn1. The van der Waals surface area contributed by atoms with Crippen molar-refractivity contribution in [1.82, 2.24) is 15.2 Å². The number of pyridine rings is 1. The highest BCUT2D eigenvalue weighted by molar-refractivity contribution is 5.76. The van der Waals surface area contributed by atoms with E-state index in [9.17, 15) is 15.5 Å². The molecule has 1 aromatic heterocycles. The van der Waals surface area contributed by atoms with Gasteiger partial charge in [-0.15, -0.1) is 6.26 Å². The lowest BCUT2D eigenvalue weighted by molar-refractivity contribution is -0.276. The maximum Gasteiger partial charge on any atom is 0.156 e. The molecule has 1 aromatic rings. The van der Waals surface area contributed by atoms with Crippen LogP contribution in [0.25, 0.3) is 0 Å². The molecule has 1 fully saturated rings. The van der Waals surface area contributed by atoms with Crippen LogP contribution < -0.4 is 20.3 Å². The molecular weight excluding hydrogens is 362 g/mol. The first-order chi connectivity index (χ1) is 13.6. The van der Waals surface area contributed by atoms with Crippen molar-refractivity contribution >= 4 is 11.8 Å². The fourth-order valence-corrected chi connectivity index (χ4v) is 2.47. The molecule has 2 unspecified atom stereocenters. The lowest BCUT2D eigenvalue weighted by Crippen LogP contribution is -2.40. The van der Waals surface area contributed by atoms with Crippen LogP contribution in [-0.4, -0.2) is 35.2 Å². The van der Waals surface area contributed by atoms with Crippen LogP contribution in [0.4, 0.5) is 5.82 Å². The van der Waals surface area contributed by atoms with E-state index in [1.54, 1.807) is 25.3 Å². The normalized spacial score (nSPS) is 22.1. The Balaban J connectivity index is 1.83. The maximum atomic E-state index is 12.6. The van der Waals surface area contributed by atoms with Crippen LogP contribution >= 0.6 is 0 Å². The summed E-state index contributed by atoms with van der Waals surface area (Å²) in [5.41, 5.74) is 0.530. The quantitative estimate of drug-likeness (QED) is 0.419. The average Bonchev–Trinajstić information content (AvgIpc) is 3.47. The van der Waals surface area contributed by atoms with Crippen molar-refractivity contribution in [3.63, 3.8) is 0 Å². The summed E-state index contributed by atoms with van der Waals surface area (Å²) in [6, 6.07) is 2.74. The Morgan fingerprint density at radius 2 is 2.36 bits per heavy atom. The molecule has 0 bridgehead atoms. The molecule has 2 atom stereocenters. The molecule has 9 nitrogen and oxygen atoms in total. The highest BCUT2D eigenvalue weighted by Crippen LogP contribution is 2.33. The van der Waals surface area contributed by atoms with E-state index in [0.717, 1.165) is 11.3 Å². The minimum Gasteiger partial charge on any atom is -0.876 e. The number of nitrogens with zero attached hydrogens (tertiary/aromatic N) is 4. The maximum absolute atomic E-state index is 12.6. The van der Waals surface area contributed by atoms with Crippen molar-refractivity contribution in [3.8, 4) is 11.8 Å². The topological polar surface area (TPSA) is 129 Å². The van der Waals surface area contributed by atoms with Crippen LogP contribution in [0.2, 0.25) is 0 Å². The van der Waals surface area contributed by atoms with E-state index in [1.807, 2.05) is 6.07 Å². The van der Waals surface area contributed by atoms with Gasteiger partial charge in [-0.05, 0) is 12.2 Å². The number of amidine groups is 1. The Hall–Kier alpha value is -3.77. The standard InChI is InChI=1S/C19H19N5O4/c1-3-24(18-6-4-5-13(11-25)22-18)19(26)23-17-8-14(12(9-20)10-21-17)28-16-7-15(16)27-2/h3-6,8,10-11,15-16,22,25H,1,7H2,2H3,(H,21,23,26)/p-2. The molecular formula is C19H17N5O4-2. The van der Waals surface area contributed by atoms with E-state index in [4.69, 9.17) is 9.47 Å². The summed E-state index contributed by atoms with van der Waals surface area (Å²) in [6.45, 7) is 3.60. The minimum atomic E-state index is -0.682.